The predicted molar refractivity (Wildman–Crippen MR) is 116 cm³/mol. The standard InChI is InChI=1S/C23H18ClN3O4/c24-19-6-1-2-7-20(19)30-13-15-4-3-5-17(12-15)23-26-22(27-31-23)16-8-10-18(11-9-16)29-14-21(25)28/h1-12H,13-14H2,(H2,25,28). The average Bonchev–Trinajstić information content (AvgIpc) is 3.28. The van der Waals surface area contributed by atoms with Crippen LogP contribution in [0.25, 0.3) is 22.8 Å². The molecular formula is C23H18ClN3O4. The van der Waals surface area contributed by atoms with Crippen LogP contribution in [0.3, 0.4) is 0 Å². The molecule has 3 aromatic carbocycles. The highest BCUT2D eigenvalue weighted by Crippen LogP contribution is 2.26. The molecular weight excluding hydrogens is 418 g/mol. The Kier molecular flexibility index (Phi) is 6.14. The minimum Gasteiger partial charge on any atom is -0.487 e. The Hall–Kier alpha value is -3.84. The van der Waals surface area contributed by atoms with Gasteiger partial charge >= 0.3 is 0 Å². The number of hydrogen-bond acceptors (Lipinski definition) is 6. The van der Waals surface area contributed by atoms with E-state index in [0.29, 0.717) is 34.8 Å². The van der Waals surface area contributed by atoms with Crippen molar-refractivity contribution >= 4 is 17.5 Å². The highest BCUT2D eigenvalue weighted by Gasteiger charge is 2.12. The second-order valence-electron chi connectivity index (χ2n) is 6.62. The van der Waals surface area contributed by atoms with Gasteiger partial charge in [-0.3, -0.25) is 4.79 Å². The van der Waals surface area contributed by atoms with E-state index in [0.717, 1.165) is 16.7 Å². The lowest BCUT2D eigenvalue weighted by atomic mass is 10.1. The minimum atomic E-state index is -0.536. The van der Waals surface area contributed by atoms with E-state index < -0.39 is 5.91 Å². The minimum absolute atomic E-state index is 0.178. The Balaban J connectivity index is 1.46. The molecule has 0 unspecified atom stereocenters. The number of aromatic nitrogens is 2. The Morgan fingerprint density at radius 1 is 0.968 bits per heavy atom. The number of amides is 1. The second kappa shape index (κ2) is 9.32. The molecule has 4 aromatic rings. The summed E-state index contributed by atoms with van der Waals surface area (Å²) in [5.74, 6) is 1.44. The normalized spacial score (nSPS) is 10.6. The number of nitrogens with zero attached hydrogens (tertiary/aromatic N) is 2. The highest BCUT2D eigenvalue weighted by molar-refractivity contribution is 6.32. The van der Waals surface area contributed by atoms with Crippen LogP contribution in [-0.4, -0.2) is 22.7 Å². The Morgan fingerprint density at radius 2 is 1.77 bits per heavy atom. The largest absolute Gasteiger partial charge is 0.487 e. The van der Waals surface area contributed by atoms with Gasteiger partial charge in [0.2, 0.25) is 5.82 Å². The molecule has 2 N–H and O–H groups in total. The van der Waals surface area contributed by atoms with Gasteiger partial charge in [0.25, 0.3) is 11.8 Å². The van der Waals surface area contributed by atoms with Gasteiger partial charge in [-0.05, 0) is 54.1 Å². The van der Waals surface area contributed by atoms with Crippen LogP contribution < -0.4 is 15.2 Å². The van der Waals surface area contributed by atoms with Crippen molar-refractivity contribution in [2.45, 2.75) is 6.61 Å². The second-order valence-corrected chi connectivity index (χ2v) is 7.03. The van der Waals surface area contributed by atoms with Crippen molar-refractivity contribution in [3.05, 3.63) is 83.4 Å². The summed E-state index contributed by atoms with van der Waals surface area (Å²) in [5.41, 5.74) is 7.54. The molecule has 7 nitrogen and oxygen atoms in total. The van der Waals surface area contributed by atoms with E-state index in [1.54, 1.807) is 30.3 Å². The Labute approximate surface area is 183 Å². The molecule has 1 aromatic heterocycles. The van der Waals surface area contributed by atoms with Gasteiger partial charge in [0.15, 0.2) is 6.61 Å². The number of rotatable bonds is 8. The molecule has 0 aliphatic carbocycles. The van der Waals surface area contributed by atoms with Crippen molar-refractivity contribution in [2.24, 2.45) is 5.73 Å². The van der Waals surface area contributed by atoms with Gasteiger partial charge in [0.1, 0.15) is 18.1 Å². The number of para-hydroxylation sites is 1. The first-order valence-electron chi connectivity index (χ1n) is 9.40. The first-order valence-corrected chi connectivity index (χ1v) is 9.78. The van der Waals surface area contributed by atoms with Crippen LogP contribution in [0.5, 0.6) is 11.5 Å². The number of primary amides is 1. The monoisotopic (exact) mass is 435 g/mol. The number of ether oxygens (including phenoxy) is 2. The molecule has 0 aliphatic heterocycles. The summed E-state index contributed by atoms with van der Waals surface area (Å²) >= 11 is 6.13. The van der Waals surface area contributed by atoms with E-state index >= 15 is 0 Å². The van der Waals surface area contributed by atoms with E-state index in [1.165, 1.54) is 0 Å². The first-order chi connectivity index (χ1) is 15.1. The number of benzene rings is 3. The zero-order chi connectivity index (χ0) is 21.6. The maximum Gasteiger partial charge on any atom is 0.258 e. The summed E-state index contributed by atoms with van der Waals surface area (Å²) < 4.78 is 16.5. The Morgan fingerprint density at radius 3 is 2.55 bits per heavy atom. The van der Waals surface area contributed by atoms with Crippen molar-refractivity contribution in [1.82, 2.24) is 10.1 Å². The fourth-order valence-electron chi connectivity index (χ4n) is 2.83. The zero-order valence-corrected chi connectivity index (χ0v) is 17.1. The zero-order valence-electron chi connectivity index (χ0n) is 16.3. The summed E-state index contributed by atoms with van der Waals surface area (Å²) in [5, 5.41) is 4.61. The molecule has 0 bridgehead atoms. The van der Waals surface area contributed by atoms with Crippen LogP contribution in [0.1, 0.15) is 5.56 Å². The topological polar surface area (TPSA) is 100 Å². The van der Waals surface area contributed by atoms with Crippen LogP contribution in [0.2, 0.25) is 5.02 Å². The van der Waals surface area contributed by atoms with Crippen molar-refractivity contribution < 1.29 is 18.8 Å². The SMILES string of the molecule is NC(=O)COc1ccc(-c2noc(-c3cccc(COc4ccccc4Cl)c3)n2)cc1. The molecule has 0 aliphatic rings. The van der Waals surface area contributed by atoms with Crippen LogP contribution >= 0.6 is 11.6 Å². The number of halogens is 1. The molecule has 0 atom stereocenters. The molecule has 1 amide bonds. The van der Waals surface area contributed by atoms with Gasteiger partial charge < -0.3 is 19.7 Å². The highest BCUT2D eigenvalue weighted by atomic mass is 35.5. The number of carbonyl (C=O) groups excluding carboxylic acids is 1. The third-order valence-electron chi connectivity index (χ3n) is 4.32. The quantitative estimate of drug-likeness (QED) is 0.437. The van der Waals surface area contributed by atoms with Crippen LogP contribution in [0.15, 0.2) is 77.3 Å². The van der Waals surface area contributed by atoms with Crippen molar-refractivity contribution in [1.29, 1.82) is 0 Å². The lowest BCUT2D eigenvalue weighted by Gasteiger charge is -2.08. The maximum absolute atomic E-state index is 10.8. The van der Waals surface area contributed by atoms with Crippen LogP contribution in [0.4, 0.5) is 0 Å². The molecule has 8 heteroatoms. The number of hydrogen-bond donors (Lipinski definition) is 1. The number of nitrogens with two attached hydrogens (primary N) is 1. The number of carbonyl (C=O) groups is 1. The third-order valence-corrected chi connectivity index (χ3v) is 4.64. The third kappa shape index (κ3) is 5.21. The predicted octanol–water partition coefficient (Wildman–Crippen LogP) is 4.50. The Bertz CT molecular complexity index is 1190. The molecule has 4 rings (SSSR count). The van der Waals surface area contributed by atoms with E-state index in [4.69, 9.17) is 31.3 Å². The maximum atomic E-state index is 10.8. The summed E-state index contributed by atoms with van der Waals surface area (Å²) in [6.07, 6.45) is 0. The fraction of sp³-hybridized carbons (Fsp3) is 0.0870. The lowest BCUT2D eigenvalue weighted by Crippen LogP contribution is -2.19. The van der Waals surface area contributed by atoms with Gasteiger partial charge in [0, 0.05) is 11.1 Å². The van der Waals surface area contributed by atoms with Gasteiger partial charge in [0.05, 0.1) is 5.02 Å². The molecule has 0 saturated heterocycles. The van der Waals surface area contributed by atoms with E-state index in [9.17, 15) is 4.79 Å². The molecule has 0 radical (unpaired) electrons. The van der Waals surface area contributed by atoms with E-state index in [1.807, 2.05) is 42.5 Å². The molecule has 156 valence electrons. The fourth-order valence-corrected chi connectivity index (χ4v) is 3.02. The average molecular weight is 436 g/mol. The van der Waals surface area contributed by atoms with Crippen molar-refractivity contribution in [3.8, 4) is 34.3 Å². The van der Waals surface area contributed by atoms with Crippen molar-refractivity contribution in [2.75, 3.05) is 6.61 Å². The van der Waals surface area contributed by atoms with Crippen molar-refractivity contribution in [3.63, 3.8) is 0 Å². The van der Waals surface area contributed by atoms with Gasteiger partial charge in [-0.2, -0.15) is 4.98 Å². The summed E-state index contributed by atoms with van der Waals surface area (Å²) in [6.45, 7) is 0.174. The lowest BCUT2D eigenvalue weighted by molar-refractivity contribution is -0.119. The molecule has 0 saturated carbocycles. The van der Waals surface area contributed by atoms with Crippen LogP contribution in [0, 0.1) is 0 Å². The summed E-state index contributed by atoms with van der Waals surface area (Å²) in [6, 6.07) is 22.0. The smallest absolute Gasteiger partial charge is 0.258 e. The van der Waals surface area contributed by atoms with Gasteiger partial charge in [-0.15, -0.1) is 0 Å². The molecule has 1 heterocycles. The molecule has 31 heavy (non-hydrogen) atoms. The van der Waals surface area contributed by atoms with E-state index in [-0.39, 0.29) is 6.61 Å². The van der Waals surface area contributed by atoms with Gasteiger partial charge in [-0.25, -0.2) is 0 Å². The van der Waals surface area contributed by atoms with Crippen LogP contribution in [-0.2, 0) is 11.4 Å². The first kappa shape index (κ1) is 20.4. The summed E-state index contributed by atoms with van der Waals surface area (Å²) in [4.78, 5) is 15.3. The van der Waals surface area contributed by atoms with Gasteiger partial charge in [-0.1, -0.05) is 41.0 Å². The molecule has 0 fully saturated rings. The summed E-state index contributed by atoms with van der Waals surface area (Å²) in [7, 11) is 0. The molecule has 0 spiro atoms. The van der Waals surface area contributed by atoms with E-state index in [2.05, 4.69) is 10.1 Å².